The second kappa shape index (κ2) is 7.15. The van der Waals surface area contributed by atoms with Crippen molar-refractivity contribution in [2.24, 2.45) is 0 Å². The van der Waals surface area contributed by atoms with Gasteiger partial charge in [-0.2, -0.15) is 0 Å². The van der Waals surface area contributed by atoms with Crippen molar-refractivity contribution in [3.63, 3.8) is 0 Å². The minimum atomic E-state index is 0.799. The van der Waals surface area contributed by atoms with Gasteiger partial charge in [0.15, 0.2) is 0 Å². The first-order valence-corrected chi connectivity index (χ1v) is 8.35. The zero-order chi connectivity index (χ0) is 17.8. The van der Waals surface area contributed by atoms with Crippen LogP contribution >= 0.6 is 0 Å². The highest BCUT2D eigenvalue weighted by molar-refractivity contribution is 5.90. The summed E-state index contributed by atoms with van der Waals surface area (Å²) in [7, 11) is 1.66. The molecule has 4 rings (SSSR count). The van der Waals surface area contributed by atoms with Crippen molar-refractivity contribution in [2.75, 3.05) is 7.11 Å². The molecule has 0 saturated carbocycles. The fourth-order valence-electron chi connectivity index (χ4n) is 2.95. The normalized spacial score (nSPS) is 10.5. The lowest BCUT2D eigenvalue weighted by atomic mass is 9.95. The summed E-state index contributed by atoms with van der Waals surface area (Å²) in [5.74, 6) is 0.806. The lowest BCUT2D eigenvalue weighted by molar-refractivity contribution is 0.415. The van der Waals surface area contributed by atoms with Gasteiger partial charge >= 0.3 is 0 Å². The first kappa shape index (κ1) is 16.0. The Morgan fingerprint density at radius 1 is 0.577 bits per heavy atom. The summed E-state index contributed by atoms with van der Waals surface area (Å²) < 4.78 is 5.26. The molecule has 4 nitrogen and oxygen atoms in total. The van der Waals surface area contributed by atoms with E-state index in [1.807, 2.05) is 72.8 Å². The summed E-state index contributed by atoms with van der Waals surface area (Å²) >= 11 is 0. The molecule has 1 heterocycles. The third-order valence-corrected chi connectivity index (χ3v) is 4.24. The zero-order valence-electron chi connectivity index (χ0n) is 14.3. The molecule has 0 N–H and O–H groups in total. The summed E-state index contributed by atoms with van der Waals surface area (Å²) in [6, 6.07) is 28.1. The van der Waals surface area contributed by atoms with Crippen LogP contribution in [0.1, 0.15) is 0 Å². The highest BCUT2D eigenvalue weighted by Gasteiger charge is 2.17. The topological polar surface area (TPSA) is 47.9 Å². The molecule has 0 aliphatic rings. The first-order chi connectivity index (χ1) is 12.9. The van der Waals surface area contributed by atoms with E-state index >= 15 is 0 Å². The predicted octanol–water partition coefficient (Wildman–Crippen LogP) is 4.88. The van der Waals surface area contributed by atoms with Crippen LogP contribution in [0.5, 0.6) is 5.75 Å². The van der Waals surface area contributed by atoms with Gasteiger partial charge in [-0.1, -0.05) is 60.7 Å². The summed E-state index contributed by atoms with van der Waals surface area (Å²) in [5, 5.41) is 12.8. The fraction of sp³-hybridized carbons (Fsp3) is 0.0455. The van der Waals surface area contributed by atoms with Crippen molar-refractivity contribution in [3.05, 3.63) is 84.9 Å². The molecule has 0 unspecified atom stereocenters. The molecule has 0 spiro atoms. The molecule has 0 saturated heterocycles. The molecule has 4 aromatic rings. The van der Waals surface area contributed by atoms with Crippen molar-refractivity contribution in [1.82, 2.24) is 15.4 Å². The van der Waals surface area contributed by atoms with Crippen LogP contribution in [0.25, 0.3) is 33.6 Å². The SMILES string of the molecule is COc1ccc(-c2nnnc(-c3ccccc3)c2-c2ccccc2)cc1. The third-order valence-electron chi connectivity index (χ3n) is 4.24. The number of methoxy groups -OCH3 is 1. The van der Waals surface area contributed by atoms with Gasteiger partial charge in [0.1, 0.15) is 17.1 Å². The molecule has 0 aliphatic heterocycles. The number of rotatable bonds is 4. The van der Waals surface area contributed by atoms with Gasteiger partial charge in [0.05, 0.1) is 7.11 Å². The molecule has 0 aliphatic carbocycles. The van der Waals surface area contributed by atoms with E-state index in [0.717, 1.165) is 39.4 Å². The Morgan fingerprint density at radius 2 is 1.08 bits per heavy atom. The Kier molecular flexibility index (Phi) is 4.39. The van der Waals surface area contributed by atoms with Gasteiger partial charge < -0.3 is 4.74 Å². The highest BCUT2D eigenvalue weighted by Crippen LogP contribution is 2.37. The van der Waals surface area contributed by atoms with Crippen LogP contribution in [-0.2, 0) is 0 Å². The maximum Gasteiger partial charge on any atom is 0.118 e. The molecule has 4 heteroatoms. The molecule has 0 bridgehead atoms. The highest BCUT2D eigenvalue weighted by atomic mass is 16.5. The molecule has 0 radical (unpaired) electrons. The standard InChI is InChI=1S/C22H17N3O/c1-26-19-14-12-18(13-15-19)22-20(16-8-4-2-5-9-16)21(23-25-24-22)17-10-6-3-7-11-17/h2-15H,1H3. The van der Waals surface area contributed by atoms with Crippen molar-refractivity contribution in [1.29, 1.82) is 0 Å². The van der Waals surface area contributed by atoms with Gasteiger partial charge in [0, 0.05) is 16.7 Å². The summed E-state index contributed by atoms with van der Waals surface area (Å²) in [5.41, 5.74) is 5.62. The Hall–Kier alpha value is -3.53. The molecule has 3 aromatic carbocycles. The Labute approximate surface area is 152 Å². The second-order valence-corrected chi connectivity index (χ2v) is 5.82. The summed E-state index contributed by atoms with van der Waals surface area (Å²) in [6.45, 7) is 0. The van der Waals surface area contributed by atoms with Crippen LogP contribution in [0.3, 0.4) is 0 Å². The number of hydrogen-bond acceptors (Lipinski definition) is 4. The lowest BCUT2D eigenvalue weighted by Gasteiger charge is -2.13. The number of ether oxygens (including phenoxy) is 1. The van der Waals surface area contributed by atoms with E-state index in [-0.39, 0.29) is 0 Å². The predicted molar refractivity (Wildman–Crippen MR) is 103 cm³/mol. The van der Waals surface area contributed by atoms with Gasteiger partial charge in [-0.15, -0.1) is 10.2 Å². The molecular weight excluding hydrogens is 322 g/mol. The average Bonchev–Trinajstić information content (AvgIpc) is 2.74. The van der Waals surface area contributed by atoms with Gasteiger partial charge in [0.25, 0.3) is 0 Å². The van der Waals surface area contributed by atoms with Gasteiger partial charge in [-0.05, 0) is 35.0 Å². The van der Waals surface area contributed by atoms with Crippen LogP contribution in [0.2, 0.25) is 0 Å². The van der Waals surface area contributed by atoms with Crippen LogP contribution in [0.4, 0.5) is 0 Å². The van der Waals surface area contributed by atoms with E-state index < -0.39 is 0 Å². The quantitative estimate of drug-likeness (QED) is 0.531. The van der Waals surface area contributed by atoms with E-state index in [1.165, 1.54) is 0 Å². The molecule has 0 amide bonds. The molecule has 126 valence electrons. The number of hydrogen-bond donors (Lipinski definition) is 0. The molecule has 0 fully saturated rings. The van der Waals surface area contributed by atoms with Gasteiger partial charge in [-0.25, -0.2) is 0 Å². The van der Waals surface area contributed by atoms with Gasteiger partial charge in [-0.3, -0.25) is 0 Å². The molecular formula is C22H17N3O. The van der Waals surface area contributed by atoms with Crippen LogP contribution in [0, 0.1) is 0 Å². The smallest absolute Gasteiger partial charge is 0.118 e. The van der Waals surface area contributed by atoms with Crippen molar-refractivity contribution >= 4 is 0 Å². The van der Waals surface area contributed by atoms with Crippen LogP contribution in [0.15, 0.2) is 84.9 Å². The second-order valence-electron chi connectivity index (χ2n) is 5.82. The van der Waals surface area contributed by atoms with Crippen molar-refractivity contribution < 1.29 is 4.74 Å². The minimum absolute atomic E-state index is 0.799. The van der Waals surface area contributed by atoms with E-state index in [4.69, 9.17) is 4.74 Å². The average molecular weight is 339 g/mol. The largest absolute Gasteiger partial charge is 0.497 e. The van der Waals surface area contributed by atoms with Crippen LogP contribution < -0.4 is 4.74 Å². The number of aromatic nitrogens is 3. The van der Waals surface area contributed by atoms with Crippen molar-refractivity contribution in [3.8, 4) is 39.4 Å². The number of nitrogens with zero attached hydrogens (tertiary/aromatic N) is 3. The van der Waals surface area contributed by atoms with Gasteiger partial charge in [0.2, 0.25) is 0 Å². The van der Waals surface area contributed by atoms with E-state index in [2.05, 4.69) is 27.5 Å². The molecule has 1 aromatic heterocycles. The summed E-state index contributed by atoms with van der Waals surface area (Å²) in [4.78, 5) is 0. The summed E-state index contributed by atoms with van der Waals surface area (Å²) in [6.07, 6.45) is 0. The molecule has 0 atom stereocenters. The zero-order valence-corrected chi connectivity index (χ0v) is 14.3. The maximum absolute atomic E-state index is 5.26. The monoisotopic (exact) mass is 339 g/mol. The Morgan fingerprint density at radius 3 is 1.62 bits per heavy atom. The maximum atomic E-state index is 5.26. The third kappa shape index (κ3) is 3.05. The number of benzene rings is 3. The lowest BCUT2D eigenvalue weighted by Crippen LogP contribution is -2.00. The molecule has 26 heavy (non-hydrogen) atoms. The van der Waals surface area contributed by atoms with E-state index in [9.17, 15) is 0 Å². The van der Waals surface area contributed by atoms with E-state index in [0.29, 0.717) is 0 Å². The first-order valence-electron chi connectivity index (χ1n) is 8.35. The minimum Gasteiger partial charge on any atom is -0.497 e. The van der Waals surface area contributed by atoms with Crippen LogP contribution in [-0.4, -0.2) is 22.5 Å². The Balaban J connectivity index is 1.97. The fourth-order valence-corrected chi connectivity index (χ4v) is 2.95. The Bertz CT molecular complexity index is 1000. The van der Waals surface area contributed by atoms with E-state index in [1.54, 1.807) is 7.11 Å². The van der Waals surface area contributed by atoms with Crippen molar-refractivity contribution in [2.45, 2.75) is 0 Å².